The second kappa shape index (κ2) is 5.03. The van der Waals surface area contributed by atoms with Gasteiger partial charge in [-0.25, -0.2) is 4.39 Å². The van der Waals surface area contributed by atoms with E-state index in [1.165, 1.54) is 0 Å². The Morgan fingerprint density at radius 2 is 1.87 bits per heavy atom. The van der Waals surface area contributed by atoms with Gasteiger partial charge in [-0.2, -0.15) is 0 Å². The number of alkyl halides is 1. The molecule has 4 rings (SSSR count). The van der Waals surface area contributed by atoms with Gasteiger partial charge in [0.05, 0.1) is 0 Å². The maximum absolute atomic E-state index is 16.1. The van der Waals surface area contributed by atoms with Crippen LogP contribution >= 0.6 is 0 Å². The van der Waals surface area contributed by atoms with Gasteiger partial charge in [-0.15, -0.1) is 0 Å². The molecule has 0 aromatic carbocycles. The molecule has 23 heavy (non-hydrogen) atoms. The number of carbonyl (C=O) groups is 1. The molecule has 0 radical (unpaired) electrons. The summed E-state index contributed by atoms with van der Waals surface area (Å²) in [4.78, 5) is 12.4. The Morgan fingerprint density at radius 1 is 1.09 bits per heavy atom. The van der Waals surface area contributed by atoms with Crippen LogP contribution in [-0.4, -0.2) is 23.2 Å². The van der Waals surface area contributed by atoms with Crippen molar-refractivity contribution >= 4 is 5.78 Å². The minimum absolute atomic E-state index is 0.0837. The fraction of sp³-hybridized carbons (Fsp3) is 0.950. The molecular weight excluding hydrogens is 291 g/mol. The number of hydrogen-bond donors (Lipinski definition) is 1. The lowest BCUT2D eigenvalue weighted by Crippen LogP contribution is -2.57. The van der Waals surface area contributed by atoms with Gasteiger partial charge < -0.3 is 5.11 Å². The number of aliphatic hydroxyl groups is 1. The summed E-state index contributed by atoms with van der Waals surface area (Å²) in [5, 5.41) is 9.68. The molecule has 0 amide bonds. The molecule has 1 N–H and O–H groups in total. The standard InChI is InChI=1S/C20H31FO2/c1-18(12-22)9-10-20(21)13(11-18)3-4-14-15-5-6-17(23)19(15,2)8-7-16(14)20/h13-16,22H,3-12H2,1-2H3/t13-,14+,15+,16?,18?,19+,20-/m1/s1. The maximum Gasteiger partial charge on any atom is 0.139 e. The summed E-state index contributed by atoms with van der Waals surface area (Å²) < 4.78 is 16.1. The van der Waals surface area contributed by atoms with Crippen molar-refractivity contribution in [2.24, 2.45) is 34.5 Å². The molecule has 0 bridgehead atoms. The number of Topliss-reactive ketones (excluding diaryl/α,β-unsaturated/α-hetero) is 1. The lowest BCUT2D eigenvalue weighted by atomic mass is 9.47. The molecule has 4 fully saturated rings. The highest BCUT2D eigenvalue weighted by molar-refractivity contribution is 5.87. The van der Waals surface area contributed by atoms with E-state index >= 15 is 4.39 Å². The summed E-state index contributed by atoms with van der Waals surface area (Å²) in [6, 6.07) is 0. The van der Waals surface area contributed by atoms with E-state index < -0.39 is 5.67 Å². The van der Waals surface area contributed by atoms with E-state index in [1.54, 1.807) is 0 Å². The highest BCUT2D eigenvalue weighted by Crippen LogP contribution is 2.64. The Hall–Kier alpha value is -0.440. The molecule has 0 aromatic heterocycles. The van der Waals surface area contributed by atoms with E-state index in [-0.39, 0.29) is 29.3 Å². The van der Waals surface area contributed by atoms with Crippen LogP contribution in [0.2, 0.25) is 0 Å². The molecule has 130 valence electrons. The second-order valence-electron chi connectivity index (χ2n) is 9.67. The topological polar surface area (TPSA) is 37.3 Å². The van der Waals surface area contributed by atoms with E-state index in [1.807, 2.05) is 0 Å². The molecule has 0 aliphatic heterocycles. The zero-order valence-corrected chi connectivity index (χ0v) is 14.6. The van der Waals surface area contributed by atoms with Crippen LogP contribution in [0.25, 0.3) is 0 Å². The van der Waals surface area contributed by atoms with Gasteiger partial charge >= 0.3 is 0 Å². The highest BCUT2D eigenvalue weighted by Gasteiger charge is 2.63. The normalized spacial score (nSPS) is 55.9. The Labute approximate surface area is 139 Å². The molecular formula is C20H31FO2. The monoisotopic (exact) mass is 322 g/mol. The largest absolute Gasteiger partial charge is 0.396 e. The molecule has 7 atom stereocenters. The van der Waals surface area contributed by atoms with Gasteiger partial charge in [0.2, 0.25) is 0 Å². The smallest absolute Gasteiger partial charge is 0.139 e. The molecule has 4 saturated carbocycles. The van der Waals surface area contributed by atoms with Crippen molar-refractivity contribution in [3.8, 4) is 0 Å². The van der Waals surface area contributed by atoms with Crippen molar-refractivity contribution in [1.29, 1.82) is 0 Å². The predicted molar refractivity (Wildman–Crippen MR) is 87.7 cm³/mol. The number of rotatable bonds is 1. The molecule has 3 heteroatoms. The lowest BCUT2D eigenvalue weighted by molar-refractivity contribution is -0.156. The Morgan fingerprint density at radius 3 is 2.61 bits per heavy atom. The summed E-state index contributed by atoms with van der Waals surface area (Å²) in [6.07, 6.45) is 7.81. The molecule has 2 nitrogen and oxygen atoms in total. The Bertz CT molecular complexity index is 520. The van der Waals surface area contributed by atoms with Crippen molar-refractivity contribution in [3.05, 3.63) is 0 Å². The third-order valence-corrected chi connectivity index (χ3v) is 8.52. The molecule has 4 aliphatic carbocycles. The predicted octanol–water partition coefficient (Wildman–Crippen LogP) is 4.30. The zero-order chi connectivity index (χ0) is 16.5. The minimum atomic E-state index is -1.04. The average molecular weight is 322 g/mol. The summed E-state index contributed by atoms with van der Waals surface area (Å²) in [5.74, 6) is 1.56. The van der Waals surface area contributed by atoms with Gasteiger partial charge in [0.1, 0.15) is 11.5 Å². The zero-order valence-electron chi connectivity index (χ0n) is 14.6. The van der Waals surface area contributed by atoms with Gasteiger partial charge in [-0.1, -0.05) is 13.8 Å². The summed E-state index contributed by atoms with van der Waals surface area (Å²) in [7, 11) is 0. The van der Waals surface area contributed by atoms with Crippen LogP contribution in [0, 0.1) is 34.5 Å². The van der Waals surface area contributed by atoms with Crippen LogP contribution < -0.4 is 0 Å². The van der Waals surface area contributed by atoms with Crippen molar-refractivity contribution in [2.75, 3.05) is 6.61 Å². The third-order valence-electron chi connectivity index (χ3n) is 8.52. The van der Waals surface area contributed by atoms with Crippen LogP contribution in [0.15, 0.2) is 0 Å². The van der Waals surface area contributed by atoms with Gasteiger partial charge in [-0.3, -0.25) is 4.79 Å². The van der Waals surface area contributed by atoms with Gasteiger partial charge in [0, 0.05) is 18.4 Å². The number of aliphatic hydroxyl groups excluding tert-OH is 1. The first kappa shape index (κ1) is 16.1. The molecule has 4 aliphatic rings. The van der Waals surface area contributed by atoms with Crippen LogP contribution in [0.5, 0.6) is 0 Å². The fourth-order valence-electron chi connectivity index (χ4n) is 6.99. The van der Waals surface area contributed by atoms with Gasteiger partial charge in [0.15, 0.2) is 0 Å². The molecule has 0 saturated heterocycles. The van der Waals surface area contributed by atoms with Crippen molar-refractivity contribution in [1.82, 2.24) is 0 Å². The molecule has 0 heterocycles. The lowest BCUT2D eigenvalue weighted by Gasteiger charge is -2.59. The summed E-state index contributed by atoms with van der Waals surface area (Å²) in [6.45, 7) is 4.46. The number of ketones is 1. The van der Waals surface area contributed by atoms with Crippen molar-refractivity contribution < 1.29 is 14.3 Å². The van der Waals surface area contributed by atoms with E-state index in [9.17, 15) is 9.90 Å². The fourth-order valence-corrected chi connectivity index (χ4v) is 6.99. The van der Waals surface area contributed by atoms with E-state index in [0.717, 1.165) is 51.4 Å². The number of halogens is 1. The van der Waals surface area contributed by atoms with Crippen LogP contribution in [0.1, 0.15) is 71.6 Å². The number of fused-ring (bicyclic) bond motifs is 5. The number of carbonyl (C=O) groups excluding carboxylic acids is 1. The van der Waals surface area contributed by atoms with Crippen molar-refractivity contribution in [3.63, 3.8) is 0 Å². The first-order valence-electron chi connectivity index (χ1n) is 9.65. The third kappa shape index (κ3) is 2.11. The highest BCUT2D eigenvalue weighted by atomic mass is 19.1. The minimum Gasteiger partial charge on any atom is -0.396 e. The second-order valence-corrected chi connectivity index (χ2v) is 9.67. The van der Waals surface area contributed by atoms with Crippen LogP contribution in [0.4, 0.5) is 4.39 Å². The maximum atomic E-state index is 16.1. The summed E-state index contributed by atoms with van der Waals surface area (Å²) in [5.41, 5.74) is -1.27. The molecule has 0 aromatic rings. The summed E-state index contributed by atoms with van der Waals surface area (Å²) >= 11 is 0. The Balaban J connectivity index is 1.61. The van der Waals surface area contributed by atoms with Gasteiger partial charge in [-0.05, 0) is 80.5 Å². The van der Waals surface area contributed by atoms with Crippen LogP contribution in [0.3, 0.4) is 0 Å². The first-order valence-corrected chi connectivity index (χ1v) is 9.65. The van der Waals surface area contributed by atoms with Crippen molar-refractivity contribution in [2.45, 2.75) is 77.3 Å². The van der Waals surface area contributed by atoms with Gasteiger partial charge in [0.25, 0.3) is 0 Å². The van der Waals surface area contributed by atoms with E-state index in [0.29, 0.717) is 24.0 Å². The first-order chi connectivity index (χ1) is 10.8. The number of hydrogen-bond acceptors (Lipinski definition) is 2. The average Bonchev–Trinajstić information content (AvgIpc) is 2.84. The molecule has 2 unspecified atom stereocenters. The van der Waals surface area contributed by atoms with E-state index in [2.05, 4.69) is 13.8 Å². The molecule has 0 spiro atoms. The SMILES string of the molecule is CC1(CO)CC[C@]2(F)C3CC[C@]4(C)C(=O)CC[C@H]4[C@@H]3CC[C@@H]2C1. The Kier molecular flexibility index (Phi) is 3.51. The van der Waals surface area contributed by atoms with Crippen LogP contribution in [-0.2, 0) is 4.79 Å². The quantitative estimate of drug-likeness (QED) is 0.781. The van der Waals surface area contributed by atoms with E-state index in [4.69, 9.17) is 0 Å².